The first kappa shape index (κ1) is 18.4. The van der Waals surface area contributed by atoms with E-state index in [1.165, 1.54) is 18.2 Å². The van der Waals surface area contributed by atoms with Gasteiger partial charge in [-0.3, -0.25) is 0 Å². The van der Waals surface area contributed by atoms with E-state index >= 15 is 0 Å². The second kappa shape index (κ2) is 6.87. The average molecular weight is 403 g/mol. The minimum absolute atomic E-state index is 0.0177. The summed E-state index contributed by atoms with van der Waals surface area (Å²) in [6.45, 7) is 1.85. The highest BCUT2D eigenvalue weighted by Gasteiger charge is 2.34. The van der Waals surface area contributed by atoms with Gasteiger partial charge >= 0.3 is 6.18 Å². The lowest BCUT2D eigenvalue weighted by Gasteiger charge is -2.10. The molecule has 2 aromatic carbocycles. The number of benzene rings is 2. The van der Waals surface area contributed by atoms with Crippen LogP contribution in [0.2, 0.25) is 5.02 Å². The first-order valence-electron chi connectivity index (χ1n) is 8.43. The Labute approximate surface area is 163 Å². The molecular formula is C21H14ClF3N2O. The van der Waals surface area contributed by atoms with Crippen molar-refractivity contribution >= 4 is 11.6 Å². The van der Waals surface area contributed by atoms with Crippen LogP contribution < -0.4 is 0 Å². The van der Waals surface area contributed by atoms with Crippen LogP contribution in [0.15, 0.2) is 65.1 Å². The maximum Gasteiger partial charge on any atom is 0.417 e. The molecule has 1 N–H and O–H groups in total. The molecule has 0 atom stereocenters. The fraction of sp³-hybridized carbons (Fsp3) is 0.0952. The monoisotopic (exact) mass is 402 g/mol. The lowest BCUT2D eigenvalue weighted by Crippen LogP contribution is -2.06. The fourth-order valence-corrected chi connectivity index (χ4v) is 3.27. The molecule has 0 fully saturated rings. The Balaban J connectivity index is 1.74. The number of aromatic amines is 1. The minimum Gasteiger partial charge on any atom is -0.453 e. The number of nitrogens with one attached hydrogen (secondary N) is 1. The highest BCUT2D eigenvalue weighted by molar-refractivity contribution is 6.33. The van der Waals surface area contributed by atoms with Crippen LogP contribution in [0.4, 0.5) is 13.2 Å². The molecule has 4 aromatic rings. The quantitative estimate of drug-likeness (QED) is 0.401. The molecule has 0 saturated heterocycles. The maximum absolute atomic E-state index is 13.3. The summed E-state index contributed by atoms with van der Waals surface area (Å²) in [7, 11) is 0. The number of hydrogen-bond donors (Lipinski definition) is 1. The van der Waals surface area contributed by atoms with Gasteiger partial charge in [-0.1, -0.05) is 48.0 Å². The predicted molar refractivity (Wildman–Crippen MR) is 102 cm³/mol. The van der Waals surface area contributed by atoms with E-state index < -0.39 is 11.7 Å². The Morgan fingerprint density at radius 1 is 0.893 bits per heavy atom. The van der Waals surface area contributed by atoms with E-state index in [-0.39, 0.29) is 11.3 Å². The second-order valence-corrected chi connectivity index (χ2v) is 6.65. The largest absolute Gasteiger partial charge is 0.453 e. The molecule has 3 nitrogen and oxygen atoms in total. The van der Waals surface area contributed by atoms with Gasteiger partial charge in [0.25, 0.3) is 0 Å². The Bertz CT molecular complexity index is 1140. The van der Waals surface area contributed by atoms with Crippen LogP contribution in [-0.2, 0) is 6.18 Å². The smallest absolute Gasteiger partial charge is 0.417 e. The van der Waals surface area contributed by atoms with Gasteiger partial charge in [0.15, 0.2) is 11.6 Å². The van der Waals surface area contributed by atoms with Gasteiger partial charge in [0.2, 0.25) is 0 Å². The molecular weight excluding hydrogens is 389 g/mol. The lowest BCUT2D eigenvalue weighted by molar-refractivity contribution is -0.137. The van der Waals surface area contributed by atoms with Crippen molar-refractivity contribution in [2.75, 3.05) is 0 Å². The van der Waals surface area contributed by atoms with Gasteiger partial charge in [0.05, 0.1) is 16.3 Å². The molecule has 0 radical (unpaired) electrons. The number of aromatic nitrogens is 2. The van der Waals surface area contributed by atoms with Crippen molar-refractivity contribution < 1.29 is 17.6 Å². The van der Waals surface area contributed by atoms with Crippen molar-refractivity contribution in [1.82, 2.24) is 9.97 Å². The number of aryl methyl sites for hydroxylation is 1. The summed E-state index contributed by atoms with van der Waals surface area (Å²) in [5.74, 6) is 0.882. The third kappa shape index (κ3) is 3.31. The van der Waals surface area contributed by atoms with Gasteiger partial charge in [-0.15, -0.1) is 0 Å². The normalized spacial score (nSPS) is 11.8. The lowest BCUT2D eigenvalue weighted by atomic mass is 10.1. The van der Waals surface area contributed by atoms with E-state index in [1.807, 2.05) is 25.1 Å². The molecule has 142 valence electrons. The number of rotatable bonds is 3. The highest BCUT2D eigenvalue weighted by Crippen LogP contribution is 2.39. The van der Waals surface area contributed by atoms with Crippen LogP contribution in [0, 0.1) is 6.92 Å². The molecule has 2 aromatic heterocycles. The van der Waals surface area contributed by atoms with Crippen LogP contribution in [0.5, 0.6) is 0 Å². The molecule has 0 bridgehead atoms. The molecule has 2 heterocycles. The van der Waals surface area contributed by atoms with Gasteiger partial charge in [-0.2, -0.15) is 13.2 Å². The zero-order valence-electron chi connectivity index (χ0n) is 14.6. The molecule has 28 heavy (non-hydrogen) atoms. The third-order valence-electron chi connectivity index (χ3n) is 4.35. The van der Waals surface area contributed by atoms with Crippen molar-refractivity contribution in [3.63, 3.8) is 0 Å². The Kier molecular flexibility index (Phi) is 4.51. The van der Waals surface area contributed by atoms with E-state index in [9.17, 15) is 13.2 Å². The summed E-state index contributed by atoms with van der Waals surface area (Å²) in [5.41, 5.74) is 1.43. The number of H-pyrrole nitrogens is 1. The molecule has 7 heteroatoms. The van der Waals surface area contributed by atoms with E-state index in [0.29, 0.717) is 22.3 Å². The molecule has 0 amide bonds. The summed E-state index contributed by atoms with van der Waals surface area (Å²) < 4.78 is 45.5. The van der Waals surface area contributed by atoms with Crippen molar-refractivity contribution in [3.05, 3.63) is 76.9 Å². The molecule has 0 aliphatic heterocycles. The predicted octanol–water partition coefficient (Wildman–Crippen LogP) is 6.98. The van der Waals surface area contributed by atoms with Gasteiger partial charge in [-0.05, 0) is 31.2 Å². The standard InChI is InChI=1S/C21H14ClF3N2O/c1-12-19(14-7-3-5-9-16(14)22)27-20(26-12)18-11-10-17(28-18)13-6-2-4-8-15(13)21(23,24)25/h2-11H,1H3,(H,26,27). The number of imidazole rings is 1. The first-order valence-corrected chi connectivity index (χ1v) is 8.80. The number of halogens is 4. The van der Waals surface area contributed by atoms with Crippen LogP contribution >= 0.6 is 11.6 Å². The topological polar surface area (TPSA) is 41.8 Å². The van der Waals surface area contributed by atoms with E-state index in [0.717, 1.165) is 17.3 Å². The summed E-state index contributed by atoms with van der Waals surface area (Å²) in [4.78, 5) is 7.64. The highest BCUT2D eigenvalue weighted by atomic mass is 35.5. The van der Waals surface area contributed by atoms with Crippen LogP contribution in [-0.4, -0.2) is 9.97 Å². The maximum atomic E-state index is 13.3. The zero-order chi connectivity index (χ0) is 19.9. The van der Waals surface area contributed by atoms with E-state index in [2.05, 4.69) is 9.97 Å². The van der Waals surface area contributed by atoms with Crippen molar-refractivity contribution in [2.24, 2.45) is 0 Å². The number of hydrogen-bond acceptors (Lipinski definition) is 2. The Morgan fingerprint density at radius 2 is 1.54 bits per heavy atom. The Morgan fingerprint density at radius 3 is 2.25 bits per heavy atom. The van der Waals surface area contributed by atoms with Gasteiger partial charge in [0.1, 0.15) is 5.76 Å². The van der Waals surface area contributed by atoms with Crippen LogP contribution in [0.1, 0.15) is 11.3 Å². The molecule has 0 aliphatic carbocycles. The second-order valence-electron chi connectivity index (χ2n) is 6.25. The van der Waals surface area contributed by atoms with Crippen LogP contribution in [0.25, 0.3) is 34.2 Å². The minimum atomic E-state index is -4.47. The third-order valence-corrected chi connectivity index (χ3v) is 4.68. The summed E-state index contributed by atoms with van der Waals surface area (Å²) >= 11 is 6.25. The zero-order valence-corrected chi connectivity index (χ0v) is 15.4. The Hall–Kier alpha value is -2.99. The number of alkyl halides is 3. The van der Waals surface area contributed by atoms with Crippen molar-refractivity contribution in [3.8, 4) is 34.2 Å². The van der Waals surface area contributed by atoms with Gasteiger partial charge in [0, 0.05) is 16.8 Å². The van der Waals surface area contributed by atoms with Gasteiger partial charge in [-0.25, -0.2) is 4.98 Å². The number of furan rings is 1. The molecule has 0 unspecified atom stereocenters. The summed E-state index contributed by atoms with van der Waals surface area (Å²) in [6.07, 6.45) is -4.47. The fourth-order valence-electron chi connectivity index (χ4n) is 3.05. The van der Waals surface area contributed by atoms with Crippen molar-refractivity contribution in [1.29, 1.82) is 0 Å². The SMILES string of the molecule is Cc1[nH]c(-c2ccc(-c3ccccc3C(F)(F)F)o2)nc1-c1ccccc1Cl. The molecule has 0 saturated carbocycles. The first-order chi connectivity index (χ1) is 13.3. The van der Waals surface area contributed by atoms with Crippen molar-refractivity contribution in [2.45, 2.75) is 13.1 Å². The van der Waals surface area contributed by atoms with Crippen LogP contribution in [0.3, 0.4) is 0 Å². The molecule has 4 rings (SSSR count). The molecule has 0 aliphatic rings. The van der Waals surface area contributed by atoms with E-state index in [4.69, 9.17) is 16.0 Å². The molecule has 0 spiro atoms. The summed E-state index contributed by atoms with van der Waals surface area (Å²) in [5, 5.41) is 0.558. The summed E-state index contributed by atoms with van der Waals surface area (Å²) in [6, 6.07) is 15.7. The average Bonchev–Trinajstić information content (AvgIpc) is 3.28. The number of nitrogens with zero attached hydrogens (tertiary/aromatic N) is 1. The van der Waals surface area contributed by atoms with Gasteiger partial charge < -0.3 is 9.40 Å². The van der Waals surface area contributed by atoms with E-state index in [1.54, 1.807) is 18.2 Å².